The summed E-state index contributed by atoms with van der Waals surface area (Å²) in [5.41, 5.74) is 17.3. The molecule has 0 amide bonds. The van der Waals surface area contributed by atoms with Gasteiger partial charge in [0.1, 0.15) is 0 Å². The summed E-state index contributed by atoms with van der Waals surface area (Å²) >= 11 is 0. The minimum atomic E-state index is -0.113. The molecule has 0 heterocycles. The van der Waals surface area contributed by atoms with Gasteiger partial charge in [-0.2, -0.15) is 0 Å². The second-order valence-electron chi connectivity index (χ2n) is 17.5. The Kier molecular flexibility index (Phi) is 6.74. The molecule has 49 heavy (non-hydrogen) atoms. The Morgan fingerprint density at radius 1 is 0.429 bits per heavy atom. The quantitative estimate of drug-likeness (QED) is 0.186. The SMILES string of the molecule is CC(C)(C)c1cccc2c1-c1ccc(N(c3ccc4c(c3)C(C)(C)c3ccccc3-4)c3ccc4cccc(C(C)(C)C)c4c3)cc1C2(C)C. The van der Waals surface area contributed by atoms with E-state index in [9.17, 15) is 0 Å². The molecule has 0 N–H and O–H groups in total. The molecule has 1 nitrogen and oxygen atoms in total. The van der Waals surface area contributed by atoms with Crippen LogP contribution in [0.5, 0.6) is 0 Å². The summed E-state index contributed by atoms with van der Waals surface area (Å²) in [6, 6.07) is 44.0. The topological polar surface area (TPSA) is 3.24 Å². The van der Waals surface area contributed by atoms with Gasteiger partial charge in [0.2, 0.25) is 0 Å². The van der Waals surface area contributed by atoms with Crippen molar-refractivity contribution in [2.75, 3.05) is 4.90 Å². The number of nitrogens with zero attached hydrogens (tertiary/aromatic N) is 1. The van der Waals surface area contributed by atoms with Crippen molar-refractivity contribution >= 4 is 27.8 Å². The van der Waals surface area contributed by atoms with Crippen molar-refractivity contribution < 1.29 is 0 Å². The highest BCUT2D eigenvalue weighted by Crippen LogP contribution is 2.55. The molecule has 0 unspecified atom stereocenters. The van der Waals surface area contributed by atoms with Gasteiger partial charge in [-0.15, -0.1) is 0 Å². The van der Waals surface area contributed by atoms with Crippen LogP contribution in [0.15, 0.2) is 115 Å². The second kappa shape index (κ2) is 10.4. The minimum absolute atomic E-state index is 0.0282. The van der Waals surface area contributed by atoms with E-state index in [2.05, 4.69) is 189 Å². The molecule has 246 valence electrons. The van der Waals surface area contributed by atoms with Gasteiger partial charge in [-0.05, 0) is 114 Å². The molecule has 6 aromatic rings. The third-order valence-electron chi connectivity index (χ3n) is 11.5. The smallest absolute Gasteiger partial charge is 0.0468 e. The van der Waals surface area contributed by atoms with Crippen molar-refractivity contribution in [2.24, 2.45) is 0 Å². The fourth-order valence-electron chi connectivity index (χ4n) is 8.87. The molecule has 0 spiro atoms. The van der Waals surface area contributed by atoms with E-state index in [4.69, 9.17) is 0 Å². The zero-order valence-corrected chi connectivity index (χ0v) is 30.9. The number of hydrogen-bond donors (Lipinski definition) is 0. The number of benzene rings is 6. The number of rotatable bonds is 3. The van der Waals surface area contributed by atoms with Gasteiger partial charge in [-0.3, -0.25) is 0 Å². The number of hydrogen-bond acceptors (Lipinski definition) is 1. The van der Waals surface area contributed by atoms with Crippen LogP contribution >= 0.6 is 0 Å². The monoisotopic (exact) mass is 639 g/mol. The Hall–Kier alpha value is -4.62. The van der Waals surface area contributed by atoms with Crippen LogP contribution in [0.3, 0.4) is 0 Å². The maximum atomic E-state index is 2.50. The molecule has 0 aliphatic heterocycles. The lowest BCUT2D eigenvalue weighted by Gasteiger charge is -2.30. The summed E-state index contributed by atoms with van der Waals surface area (Å²) in [4.78, 5) is 2.50. The predicted octanol–water partition coefficient (Wildman–Crippen LogP) is 13.5. The molecule has 0 saturated carbocycles. The molecule has 6 aromatic carbocycles. The largest absolute Gasteiger partial charge is 0.310 e. The number of fused-ring (bicyclic) bond motifs is 7. The summed E-state index contributed by atoms with van der Waals surface area (Å²) in [5, 5.41) is 2.59. The first-order valence-electron chi connectivity index (χ1n) is 18.0. The third kappa shape index (κ3) is 4.73. The highest BCUT2D eigenvalue weighted by Gasteiger charge is 2.39. The van der Waals surface area contributed by atoms with Crippen LogP contribution in [0.2, 0.25) is 0 Å². The molecule has 2 aliphatic rings. The van der Waals surface area contributed by atoms with Gasteiger partial charge >= 0.3 is 0 Å². The van der Waals surface area contributed by atoms with Gasteiger partial charge in [0, 0.05) is 27.9 Å². The lowest BCUT2D eigenvalue weighted by Crippen LogP contribution is -2.18. The molecular weight excluding hydrogens is 591 g/mol. The zero-order chi connectivity index (χ0) is 34.7. The van der Waals surface area contributed by atoms with Gasteiger partial charge in [0.05, 0.1) is 0 Å². The van der Waals surface area contributed by atoms with Gasteiger partial charge in [0.15, 0.2) is 0 Å². The minimum Gasteiger partial charge on any atom is -0.310 e. The lowest BCUT2D eigenvalue weighted by atomic mass is 9.79. The van der Waals surface area contributed by atoms with Crippen LogP contribution < -0.4 is 4.90 Å². The van der Waals surface area contributed by atoms with E-state index in [1.165, 1.54) is 83.5 Å². The van der Waals surface area contributed by atoms with Crippen LogP contribution in [-0.4, -0.2) is 0 Å². The Morgan fingerprint density at radius 3 is 1.63 bits per heavy atom. The molecule has 8 rings (SSSR count). The van der Waals surface area contributed by atoms with E-state index in [0.717, 1.165) is 0 Å². The molecule has 0 bridgehead atoms. The third-order valence-corrected chi connectivity index (χ3v) is 11.5. The summed E-state index contributed by atoms with van der Waals surface area (Å²) in [6.45, 7) is 23.5. The van der Waals surface area contributed by atoms with Gasteiger partial charge in [-0.1, -0.05) is 148 Å². The summed E-state index contributed by atoms with van der Waals surface area (Å²) < 4.78 is 0. The van der Waals surface area contributed by atoms with Crippen LogP contribution in [0.1, 0.15) is 103 Å². The van der Waals surface area contributed by atoms with Crippen LogP contribution in [0.25, 0.3) is 33.0 Å². The Labute approximate surface area is 293 Å². The van der Waals surface area contributed by atoms with E-state index in [0.29, 0.717) is 0 Å². The highest BCUT2D eigenvalue weighted by atomic mass is 15.1. The van der Waals surface area contributed by atoms with Gasteiger partial charge in [-0.25, -0.2) is 0 Å². The zero-order valence-electron chi connectivity index (χ0n) is 30.9. The molecule has 0 fully saturated rings. The summed E-state index contributed by atoms with van der Waals surface area (Å²) in [6.07, 6.45) is 0. The van der Waals surface area contributed by atoms with E-state index in [1.54, 1.807) is 0 Å². The fourth-order valence-corrected chi connectivity index (χ4v) is 8.87. The molecule has 0 atom stereocenters. The summed E-state index contributed by atoms with van der Waals surface area (Å²) in [7, 11) is 0. The van der Waals surface area contributed by atoms with Crippen LogP contribution in [-0.2, 0) is 21.7 Å². The van der Waals surface area contributed by atoms with Crippen LogP contribution in [0.4, 0.5) is 17.1 Å². The van der Waals surface area contributed by atoms with Crippen molar-refractivity contribution in [3.05, 3.63) is 149 Å². The van der Waals surface area contributed by atoms with Gasteiger partial charge in [0.25, 0.3) is 0 Å². The van der Waals surface area contributed by atoms with Crippen molar-refractivity contribution in [1.82, 2.24) is 0 Å². The fraction of sp³-hybridized carbons (Fsp3) is 0.292. The molecular formula is C48H49N. The molecule has 0 saturated heterocycles. The Morgan fingerprint density at radius 2 is 0.939 bits per heavy atom. The van der Waals surface area contributed by atoms with Crippen molar-refractivity contribution in [3.63, 3.8) is 0 Å². The molecule has 0 radical (unpaired) electrons. The van der Waals surface area contributed by atoms with E-state index in [1.807, 2.05) is 0 Å². The first-order chi connectivity index (χ1) is 23.1. The number of anilines is 3. The maximum absolute atomic E-state index is 2.50. The Balaban J connectivity index is 1.37. The second-order valence-corrected chi connectivity index (χ2v) is 17.5. The van der Waals surface area contributed by atoms with Gasteiger partial charge < -0.3 is 4.90 Å². The van der Waals surface area contributed by atoms with E-state index in [-0.39, 0.29) is 21.7 Å². The normalized spacial score (nSPS) is 15.5. The highest BCUT2D eigenvalue weighted by molar-refractivity contribution is 5.94. The molecule has 0 aromatic heterocycles. The lowest BCUT2D eigenvalue weighted by molar-refractivity contribution is 0.589. The molecule has 2 aliphatic carbocycles. The maximum Gasteiger partial charge on any atom is 0.0468 e. The molecule has 1 heteroatoms. The van der Waals surface area contributed by atoms with Crippen molar-refractivity contribution in [1.29, 1.82) is 0 Å². The Bertz CT molecular complexity index is 2300. The average Bonchev–Trinajstić information content (AvgIpc) is 3.43. The van der Waals surface area contributed by atoms with E-state index < -0.39 is 0 Å². The van der Waals surface area contributed by atoms with Crippen molar-refractivity contribution in [2.45, 2.75) is 90.9 Å². The summed E-state index contributed by atoms with van der Waals surface area (Å²) in [5.74, 6) is 0. The average molecular weight is 640 g/mol. The predicted molar refractivity (Wildman–Crippen MR) is 211 cm³/mol. The standard InChI is InChI=1S/C48H49N/c1-45(2,3)38-18-13-15-30-21-22-31(27-37(30)38)49(32-23-25-35-34-16-11-12-17-39(34)47(7,8)42(35)28-32)33-24-26-36-43(29-33)48(9,10)41-20-14-19-40(44(36)41)46(4,5)6/h11-29H,1-10H3. The first-order valence-corrected chi connectivity index (χ1v) is 18.0. The van der Waals surface area contributed by atoms with Crippen molar-refractivity contribution in [3.8, 4) is 22.3 Å². The van der Waals surface area contributed by atoms with Crippen LogP contribution in [0, 0.1) is 0 Å². The first kappa shape index (κ1) is 31.6. The van der Waals surface area contributed by atoms with E-state index >= 15 is 0 Å².